The second kappa shape index (κ2) is 3.91. The highest BCUT2D eigenvalue weighted by Crippen LogP contribution is 2.33. The Bertz CT molecular complexity index is 649. The number of carbonyl (C=O) groups excluding carboxylic acids is 1. The lowest BCUT2D eigenvalue weighted by Gasteiger charge is -2.11. The zero-order valence-corrected chi connectivity index (χ0v) is 10.3. The van der Waals surface area contributed by atoms with E-state index in [4.69, 9.17) is 0 Å². The van der Waals surface area contributed by atoms with Crippen molar-refractivity contribution < 1.29 is 4.79 Å². The summed E-state index contributed by atoms with van der Waals surface area (Å²) in [7, 11) is 0. The number of rotatable bonds is 0. The molecule has 0 saturated heterocycles. The summed E-state index contributed by atoms with van der Waals surface area (Å²) in [6, 6.07) is 4.07. The molecule has 0 saturated carbocycles. The number of hydrogen-bond donors (Lipinski definition) is 1. The van der Waals surface area contributed by atoms with Crippen LogP contribution in [-0.2, 0) is 11.2 Å². The van der Waals surface area contributed by atoms with Gasteiger partial charge in [0.2, 0.25) is 5.91 Å². The molecule has 0 aliphatic carbocycles. The molecule has 90 valence electrons. The maximum atomic E-state index is 11.8. The van der Waals surface area contributed by atoms with Crippen LogP contribution in [0.5, 0.6) is 0 Å². The van der Waals surface area contributed by atoms with Crippen molar-refractivity contribution in [1.29, 1.82) is 0 Å². The summed E-state index contributed by atoms with van der Waals surface area (Å²) in [4.78, 5) is 20.2. The standard InChI is InChI=1S/C14H13N3O/c1-8-3-11-12(4-9(8)2)17-13(18)5-10-6-15-7-16-14(10)11/h3-4,6-7H,5H2,1-2H3,(H,17,18). The fourth-order valence-corrected chi connectivity index (χ4v) is 2.21. The van der Waals surface area contributed by atoms with Gasteiger partial charge in [-0.2, -0.15) is 0 Å². The second-order valence-corrected chi connectivity index (χ2v) is 4.60. The number of amides is 1. The maximum absolute atomic E-state index is 11.8. The molecule has 2 heterocycles. The second-order valence-electron chi connectivity index (χ2n) is 4.60. The normalized spacial score (nSPS) is 13.3. The molecule has 3 rings (SSSR count). The molecule has 2 aromatic rings. The topological polar surface area (TPSA) is 54.9 Å². The van der Waals surface area contributed by atoms with Gasteiger partial charge in [0.25, 0.3) is 0 Å². The third-order valence-electron chi connectivity index (χ3n) is 3.30. The Kier molecular flexibility index (Phi) is 2.37. The van der Waals surface area contributed by atoms with E-state index in [0.717, 1.165) is 28.1 Å². The van der Waals surface area contributed by atoms with Crippen molar-refractivity contribution >= 4 is 11.6 Å². The number of aromatic nitrogens is 2. The van der Waals surface area contributed by atoms with Gasteiger partial charge >= 0.3 is 0 Å². The summed E-state index contributed by atoms with van der Waals surface area (Å²) in [5.74, 6) is -0.0203. The molecule has 1 aliphatic rings. The summed E-state index contributed by atoms with van der Waals surface area (Å²) in [5, 5.41) is 2.93. The molecule has 4 heteroatoms. The SMILES string of the molecule is Cc1cc2c(cc1C)-c1ncncc1CC(=O)N2. The largest absolute Gasteiger partial charge is 0.325 e. The molecule has 1 amide bonds. The third-order valence-corrected chi connectivity index (χ3v) is 3.30. The van der Waals surface area contributed by atoms with Crippen molar-refractivity contribution in [3.63, 3.8) is 0 Å². The van der Waals surface area contributed by atoms with E-state index in [1.165, 1.54) is 11.9 Å². The van der Waals surface area contributed by atoms with E-state index in [-0.39, 0.29) is 5.91 Å². The summed E-state index contributed by atoms with van der Waals surface area (Å²) in [6.07, 6.45) is 3.56. The van der Waals surface area contributed by atoms with E-state index in [0.29, 0.717) is 6.42 Å². The predicted molar refractivity (Wildman–Crippen MR) is 69.3 cm³/mol. The highest BCUT2D eigenvalue weighted by Gasteiger charge is 2.20. The van der Waals surface area contributed by atoms with Crippen LogP contribution in [0, 0.1) is 13.8 Å². The van der Waals surface area contributed by atoms with Gasteiger partial charge in [-0.15, -0.1) is 0 Å². The lowest BCUT2D eigenvalue weighted by Crippen LogP contribution is -2.12. The number of anilines is 1. The first-order chi connectivity index (χ1) is 8.65. The zero-order chi connectivity index (χ0) is 12.7. The van der Waals surface area contributed by atoms with E-state index in [1.54, 1.807) is 6.20 Å². The van der Waals surface area contributed by atoms with E-state index < -0.39 is 0 Å². The first-order valence-corrected chi connectivity index (χ1v) is 5.85. The Morgan fingerprint density at radius 2 is 2.00 bits per heavy atom. The predicted octanol–water partition coefficient (Wildman–Crippen LogP) is 2.26. The Morgan fingerprint density at radius 1 is 1.22 bits per heavy atom. The lowest BCUT2D eigenvalue weighted by atomic mass is 10.00. The van der Waals surface area contributed by atoms with Gasteiger partial charge in [-0.1, -0.05) is 0 Å². The summed E-state index contributed by atoms with van der Waals surface area (Å²) < 4.78 is 0. The molecule has 1 aromatic carbocycles. The maximum Gasteiger partial charge on any atom is 0.228 e. The third kappa shape index (κ3) is 1.66. The van der Waals surface area contributed by atoms with Crippen LogP contribution in [0.3, 0.4) is 0 Å². The summed E-state index contributed by atoms with van der Waals surface area (Å²) in [6.45, 7) is 4.09. The van der Waals surface area contributed by atoms with Crippen molar-refractivity contribution in [2.24, 2.45) is 0 Å². The number of benzene rings is 1. The van der Waals surface area contributed by atoms with Gasteiger partial charge < -0.3 is 5.32 Å². The molecule has 1 N–H and O–H groups in total. The van der Waals surface area contributed by atoms with Crippen LogP contribution in [0.1, 0.15) is 16.7 Å². The molecule has 0 unspecified atom stereocenters. The quantitative estimate of drug-likeness (QED) is 0.767. The lowest BCUT2D eigenvalue weighted by molar-refractivity contribution is -0.115. The number of nitrogens with zero attached hydrogens (tertiary/aromatic N) is 2. The van der Waals surface area contributed by atoms with E-state index in [1.807, 2.05) is 13.0 Å². The number of nitrogens with one attached hydrogen (secondary N) is 1. The van der Waals surface area contributed by atoms with E-state index in [2.05, 4.69) is 28.3 Å². The molecule has 0 spiro atoms. The summed E-state index contributed by atoms with van der Waals surface area (Å²) in [5.41, 5.74) is 5.88. The van der Waals surface area contributed by atoms with Gasteiger partial charge in [0.1, 0.15) is 6.33 Å². The fraction of sp³-hybridized carbons (Fsp3) is 0.214. The number of aryl methyl sites for hydroxylation is 2. The smallest absolute Gasteiger partial charge is 0.228 e. The average Bonchev–Trinajstić information content (AvgIpc) is 2.46. The molecule has 4 nitrogen and oxygen atoms in total. The molecular formula is C14H13N3O. The summed E-state index contributed by atoms with van der Waals surface area (Å²) >= 11 is 0. The minimum Gasteiger partial charge on any atom is -0.325 e. The monoisotopic (exact) mass is 239 g/mol. The molecule has 0 atom stereocenters. The van der Waals surface area contributed by atoms with Crippen LogP contribution < -0.4 is 5.32 Å². The minimum absolute atomic E-state index is 0.0203. The molecule has 0 radical (unpaired) electrons. The van der Waals surface area contributed by atoms with Crippen LogP contribution in [0.4, 0.5) is 5.69 Å². The van der Waals surface area contributed by atoms with Gasteiger partial charge in [-0.25, -0.2) is 9.97 Å². The first kappa shape index (κ1) is 10.9. The van der Waals surface area contributed by atoms with Crippen LogP contribution in [0.15, 0.2) is 24.7 Å². The number of hydrogen-bond acceptors (Lipinski definition) is 3. The molecular weight excluding hydrogens is 226 g/mol. The Hall–Kier alpha value is -2.23. The Morgan fingerprint density at radius 3 is 2.83 bits per heavy atom. The number of carbonyl (C=O) groups is 1. The van der Waals surface area contributed by atoms with Crippen molar-refractivity contribution in [2.75, 3.05) is 5.32 Å². The van der Waals surface area contributed by atoms with Gasteiger partial charge in [0, 0.05) is 17.3 Å². The van der Waals surface area contributed by atoms with Gasteiger partial charge in [-0.3, -0.25) is 4.79 Å². The van der Waals surface area contributed by atoms with Crippen molar-refractivity contribution in [1.82, 2.24) is 9.97 Å². The highest BCUT2D eigenvalue weighted by molar-refractivity contribution is 6.00. The van der Waals surface area contributed by atoms with Crippen molar-refractivity contribution in [2.45, 2.75) is 20.3 Å². The fourth-order valence-electron chi connectivity index (χ4n) is 2.21. The van der Waals surface area contributed by atoms with Crippen LogP contribution >= 0.6 is 0 Å². The van der Waals surface area contributed by atoms with E-state index in [9.17, 15) is 4.79 Å². The molecule has 0 fully saturated rings. The number of fused-ring (bicyclic) bond motifs is 3. The minimum atomic E-state index is -0.0203. The Labute approximate surface area is 105 Å². The average molecular weight is 239 g/mol. The molecule has 0 bridgehead atoms. The van der Waals surface area contributed by atoms with E-state index >= 15 is 0 Å². The zero-order valence-electron chi connectivity index (χ0n) is 10.3. The molecule has 18 heavy (non-hydrogen) atoms. The first-order valence-electron chi connectivity index (χ1n) is 5.85. The van der Waals surface area contributed by atoms with Gasteiger partial charge in [-0.05, 0) is 37.1 Å². The van der Waals surface area contributed by atoms with Crippen LogP contribution in [-0.4, -0.2) is 15.9 Å². The van der Waals surface area contributed by atoms with Crippen LogP contribution in [0.2, 0.25) is 0 Å². The van der Waals surface area contributed by atoms with Crippen molar-refractivity contribution in [3.8, 4) is 11.3 Å². The van der Waals surface area contributed by atoms with Gasteiger partial charge in [0.15, 0.2) is 0 Å². The molecule has 1 aliphatic heterocycles. The van der Waals surface area contributed by atoms with Crippen LogP contribution in [0.25, 0.3) is 11.3 Å². The highest BCUT2D eigenvalue weighted by atomic mass is 16.1. The molecule has 1 aromatic heterocycles. The van der Waals surface area contributed by atoms with Crippen molar-refractivity contribution in [3.05, 3.63) is 41.3 Å². The Balaban J connectivity index is 2.32. The van der Waals surface area contributed by atoms with Gasteiger partial charge in [0.05, 0.1) is 17.8 Å².